The highest BCUT2D eigenvalue weighted by molar-refractivity contribution is 6.35. The molecule has 2 fully saturated rings. The average Bonchev–Trinajstić information content (AvgIpc) is 3.25. The zero-order valence-electron chi connectivity index (χ0n) is 15.2. The SMILES string of the molecule is CN(C)c1ccc([C@H](CNC(=O)C(=O)NC2CC2)[NH+]2CCCC2)cc1. The van der Waals surface area contributed by atoms with Crippen molar-refractivity contribution < 1.29 is 14.5 Å². The normalized spacial score (nSPS) is 18.6. The number of anilines is 1. The molecule has 1 aromatic rings. The van der Waals surface area contributed by atoms with Gasteiger partial charge in [0.15, 0.2) is 0 Å². The van der Waals surface area contributed by atoms with E-state index in [2.05, 4.69) is 39.8 Å². The van der Waals surface area contributed by atoms with Crippen LogP contribution in [0.4, 0.5) is 5.69 Å². The van der Waals surface area contributed by atoms with Crippen LogP contribution >= 0.6 is 0 Å². The Hall–Kier alpha value is -2.08. The lowest BCUT2D eigenvalue weighted by Crippen LogP contribution is -3.11. The van der Waals surface area contributed by atoms with Gasteiger partial charge in [-0.3, -0.25) is 9.59 Å². The predicted octanol–water partition coefficient (Wildman–Crippen LogP) is -0.133. The van der Waals surface area contributed by atoms with E-state index in [-0.39, 0.29) is 12.1 Å². The predicted molar refractivity (Wildman–Crippen MR) is 97.6 cm³/mol. The third kappa shape index (κ3) is 4.72. The largest absolute Gasteiger partial charge is 0.378 e. The van der Waals surface area contributed by atoms with Gasteiger partial charge in [-0.25, -0.2) is 0 Å². The number of nitrogens with one attached hydrogen (secondary N) is 3. The molecule has 1 aliphatic carbocycles. The van der Waals surface area contributed by atoms with E-state index in [1.165, 1.54) is 23.3 Å². The van der Waals surface area contributed by atoms with Crippen LogP contribution in [0.3, 0.4) is 0 Å². The van der Waals surface area contributed by atoms with Gasteiger partial charge < -0.3 is 20.4 Å². The third-order valence-corrected chi connectivity index (χ3v) is 5.14. The van der Waals surface area contributed by atoms with E-state index in [0.29, 0.717) is 6.54 Å². The van der Waals surface area contributed by atoms with Crippen molar-refractivity contribution in [3.05, 3.63) is 29.8 Å². The van der Waals surface area contributed by atoms with Crippen molar-refractivity contribution in [2.75, 3.05) is 38.6 Å². The number of nitrogens with zero attached hydrogens (tertiary/aromatic N) is 1. The highest BCUT2D eigenvalue weighted by Crippen LogP contribution is 2.18. The topological polar surface area (TPSA) is 65.9 Å². The monoisotopic (exact) mass is 345 g/mol. The third-order valence-electron chi connectivity index (χ3n) is 5.14. The maximum Gasteiger partial charge on any atom is 0.309 e. The van der Waals surface area contributed by atoms with Crippen LogP contribution in [0.2, 0.25) is 0 Å². The van der Waals surface area contributed by atoms with Crippen LogP contribution < -0.4 is 20.4 Å². The van der Waals surface area contributed by atoms with E-state index in [1.54, 1.807) is 0 Å². The van der Waals surface area contributed by atoms with E-state index in [4.69, 9.17) is 0 Å². The second-order valence-corrected chi connectivity index (χ2v) is 7.36. The summed E-state index contributed by atoms with van der Waals surface area (Å²) in [6.07, 6.45) is 4.41. The lowest BCUT2D eigenvalue weighted by atomic mass is 10.0. The minimum Gasteiger partial charge on any atom is -0.378 e. The molecule has 1 aliphatic heterocycles. The molecule has 136 valence electrons. The molecule has 0 aromatic heterocycles. The van der Waals surface area contributed by atoms with Crippen LogP contribution in [0.5, 0.6) is 0 Å². The van der Waals surface area contributed by atoms with Crippen LogP contribution in [0.25, 0.3) is 0 Å². The Morgan fingerprint density at radius 1 is 1.12 bits per heavy atom. The standard InChI is InChI=1S/C19H28N4O2/c1-22(2)16-9-5-14(6-10-16)17(23-11-3-4-12-23)13-20-18(24)19(25)21-15-7-8-15/h5-6,9-10,15,17H,3-4,7-8,11-13H2,1-2H3,(H,20,24)(H,21,25)/p+1/t17-/m0/s1. The molecule has 6 heteroatoms. The summed E-state index contributed by atoms with van der Waals surface area (Å²) in [7, 11) is 4.05. The first-order valence-corrected chi connectivity index (χ1v) is 9.25. The molecule has 0 radical (unpaired) electrons. The fraction of sp³-hybridized carbons (Fsp3) is 0.579. The van der Waals surface area contributed by atoms with Crippen LogP contribution in [0.15, 0.2) is 24.3 Å². The summed E-state index contributed by atoms with van der Waals surface area (Å²) in [6.45, 7) is 2.72. The highest BCUT2D eigenvalue weighted by Gasteiger charge is 2.30. The smallest absolute Gasteiger partial charge is 0.309 e. The highest BCUT2D eigenvalue weighted by atomic mass is 16.2. The second-order valence-electron chi connectivity index (χ2n) is 7.36. The van der Waals surface area contributed by atoms with E-state index >= 15 is 0 Å². The maximum atomic E-state index is 12.1. The molecule has 2 aliphatic rings. The fourth-order valence-electron chi connectivity index (χ4n) is 3.43. The van der Waals surface area contributed by atoms with Gasteiger partial charge in [-0.05, 0) is 25.0 Å². The Morgan fingerprint density at radius 3 is 2.32 bits per heavy atom. The number of quaternary nitrogens is 1. The molecule has 1 aromatic carbocycles. The molecule has 1 heterocycles. The molecule has 6 nitrogen and oxygen atoms in total. The Labute approximate surface area is 149 Å². The summed E-state index contributed by atoms with van der Waals surface area (Å²) in [4.78, 5) is 27.5. The zero-order chi connectivity index (χ0) is 17.8. The number of hydrogen-bond acceptors (Lipinski definition) is 3. The molecule has 1 atom stereocenters. The summed E-state index contributed by atoms with van der Waals surface area (Å²) in [5.74, 6) is -1.01. The number of benzene rings is 1. The van der Waals surface area contributed by atoms with Crippen LogP contribution in [0.1, 0.15) is 37.3 Å². The number of likely N-dealkylation sites (tertiary alicyclic amines) is 1. The van der Waals surface area contributed by atoms with Crippen molar-refractivity contribution in [3.8, 4) is 0 Å². The van der Waals surface area contributed by atoms with Crippen molar-refractivity contribution in [1.82, 2.24) is 10.6 Å². The number of rotatable bonds is 6. The molecule has 0 unspecified atom stereocenters. The molecule has 1 saturated heterocycles. The van der Waals surface area contributed by atoms with Gasteiger partial charge in [0.2, 0.25) is 0 Å². The quantitative estimate of drug-likeness (QED) is 0.629. The molecular weight excluding hydrogens is 316 g/mol. The Kier molecular flexibility index (Phi) is 5.58. The first-order chi connectivity index (χ1) is 12.0. The van der Waals surface area contributed by atoms with Crippen molar-refractivity contribution in [2.24, 2.45) is 0 Å². The van der Waals surface area contributed by atoms with Gasteiger partial charge in [-0.1, -0.05) is 12.1 Å². The molecule has 2 amide bonds. The van der Waals surface area contributed by atoms with Crippen molar-refractivity contribution in [3.63, 3.8) is 0 Å². The number of carbonyl (C=O) groups excluding carboxylic acids is 2. The van der Waals surface area contributed by atoms with E-state index in [0.717, 1.165) is 31.6 Å². The van der Waals surface area contributed by atoms with Gasteiger partial charge >= 0.3 is 11.8 Å². The molecule has 3 N–H and O–H groups in total. The minimum atomic E-state index is -0.514. The van der Waals surface area contributed by atoms with E-state index < -0.39 is 11.8 Å². The minimum absolute atomic E-state index is 0.191. The average molecular weight is 345 g/mol. The van der Waals surface area contributed by atoms with Gasteiger partial charge in [0.25, 0.3) is 0 Å². The zero-order valence-corrected chi connectivity index (χ0v) is 15.2. The molecular formula is C19H29N4O2+. The molecule has 1 saturated carbocycles. The number of hydrogen-bond donors (Lipinski definition) is 3. The number of carbonyl (C=O) groups is 2. The lowest BCUT2D eigenvalue weighted by molar-refractivity contribution is -0.918. The fourth-order valence-corrected chi connectivity index (χ4v) is 3.43. The Balaban J connectivity index is 1.64. The summed E-state index contributed by atoms with van der Waals surface area (Å²) in [5, 5.41) is 5.59. The Morgan fingerprint density at radius 2 is 1.76 bits per heavy atom. The first kappa shape index (κ1) is 17.7. The van der Waals surface area contributed by atoms with Crippen molar-refractivity contribution >= 4 is 17.5 Å². The van der Waals surface area contributed by atoms with Gasteiger partial charge in [0.1, 0.15) is 6.04 Å². The van der Waals surface area contributed by atoms with Crippen LogP contribution in [0, 0.1) is 0 Å². The van der Waals surface area contributed by atoms with E-state index in [9.17, 15) is 9.59 Å². The van der Waals surface area contributed by atoms with E-state index in [1.807, 2.05) is 14.1 Å². The van der Waals surface area contributed by atoms with Crippen LogP contribution in [-0.2, 0) is 9.59 Å². The van der Waals surface area contributed by atoms with Crippen LogP contribution in [-0.4, -0.2) is 51.6 Å². The Bertz CT molecular complexity index is 604. The van der Waals surface area contributed by atoms with Crippen molar-refractivity contribution in [2.45, 2.75) is 37.8 Å². The van der Waals surface area contributed by atoms with Gasteiger partial charge in [0, 0.05) is 44.2 Å². The lowest BCUT2D eigenvalue weighted by Gasteiger charge is -2.25. The second kappa shape index (κ2) is 7.87. The van der Waals surface area contributed by atoms with Gasteiger partial charge in [-0.2, -0.15) is 0 Å². The summed E-state index contributed by atoms with van der Waals surface area (Å²) < 4.78 is 0. The summed E-state index contributed by atoms with van der Waals surface area (Å²) in [6, 6.07) is 8.90. The summed E-state index contributed by atoms with van der Waals surface area (Å²) in [5.41, 5.74) is 2.37. The molecule has 0 spiro atoms. The van der Waals surface area contributed by atoms with Crippen molar-refractivity contribution in [1.29, 1.82) is 0 Å². The first-order valence-electron chi connectivity index (χ1n) is 9.25. The van der Waals surface area contributed by atoms with Gasteiger partial charge in [0.05, 0.1) is 19.6 Å². The molecule has 0 bridgehead atoms. The maximum absolute atomic E-state index is 12.1. The molecule has 3 rings (SSSR count). The molecule has 25 heavy (non-hydrogen) atoms. The van der Waals surface area contributed by atoms with Gasteiger partial charge in [-0.15, -0.1) is 0 Å². The number of amides is 2. The summed E-state index contributed by atoms with van der Waals surface area (Å²) >= 11 is 0.